The number of rotatable bonds is 3. The van der Waals surface area contributed by atoms with Crippen molar-refractivity contribution in [1.29, 1.82) is 0 Å². The van der Waals surface area contributed by atoms with Crippen LogP contribution in [0.5, 0.6) is 5.75 Å². The number of carbonyl (C=O) groups is 1. The molecule has 1 aromatic carbocycles. The van der Waals surface area contributed by atoms with E-state index < -0.39 is 0 Å². The summed E-state index contributed by atoms with van der Waals surface area (Å²) in [6.45, 7) is 2.65. The summed E-state index contributed by atoms with van der Waals surface area (Å²) >= 11 is 0. The first kappa shape index (κ1) is 15.4. The molecule has 0 spiro atoms. The minimum Gasteiger partial charge on any atom is -0.489 e. The van der Waals surface area contributed by atoms with Crippen molar-refractivity contribution in [3.05, 3.63) is 59.1 Å². The van der Waals surface area contributed by atoms with Crippen LogP contribution in [0.15, 0.2) is 53.5 Å². The number of carbonyl (C=O) groups excluding carboxylic acids is 1. The van der Waals surface area contributed by atoms with Crippen molar-refractivity contribution in [1.82, 2.24) is 14.2 Å². The number of aryl methyl sites for hydroxylation is 1. The van der Waals surface area contributed by atoms with E-state index in [1.807, 2.05) is 37.3 Å². The molecule has 1 atom stereocenters. The van der Waals surface area contributed by atoms with Crippen LogP contribution in [0.4, 0.5) is 5.69 Å². The van der Waals surface area contributed by atoms with Gasteiger partial charge in [-0.2, -0.15) is 0 Å². The van der Waals surface area contributed by atoms with E-state index in [0.717, 1.165) is 5.69 Å². The van der Waals surface area contributed by atoms with Gasteiger partial charge in [-0.05, 0) is 31.2 Å². The SMILES string of the molecule is CC1COc2ccccc2N1C(=O)CCn1nc2ccccn2c1=O. The number of hydrogen-bond acceptors (Lipinski definition) is 4. The molecule has 4 rings (SSSR count). The van der Waals surface area contributed by atoms with Crippen LogP contribution in [0.3, 0.4) is 0 Å². The maximum atomic E-state index is 12.8. The Balaban J connectivity index is 1.56. The van der Waals surface area contributed by atoms with Gasteiger partial charge in [-0.15, -0.1) is 5.10 Å². The van der Waals surface area contributed by atoms with E-state index in [1.165, 1.54) is 9.08 Å². The van der Waals surface area contributed by atoms with E-state index in [2.05, 4.69) is 5.10 Å². The topological polar surface area (TPSA) is 68.8 Å². The monoisotopic (exact) mass is 338 g/mol. The summed E-state index contributed by atoms with van der Waals surface area (Å²) in [6, 6.07) is 12.8. The summed E-state index contributed by atoms with van der Waals surface area (Å²) in [6.07, 6.45) is 1.87. The highest BCUT2D eigenvalue weighted by atomic mass is 16.5. The molecular formula is C18H18N4O3. The Bertz CT molecular complexity index is 991. The van der Waals surface area contributed by atoms with Gasteiger partial charge in [-0.3, -0.25) is 9.20 Å². The largest absolute Gasteiger partial charge is 0.489 e. The van der Waals surface area contributed by atoms with Gasteiger partial charge in [0.05, 0.1) is 18.3 Å². The molecular weight excluding hydrogens is 320 g/mol. The van der Waals surface area contributed by atoms with Crippen molar-refractivity contribution in [3.63, 3.8) is 0 Å². The van der Waals surface area contributed by atoms with Crippen molar-refractivity contribution in [3.8, 4) is 5.75 Å². The van der Waals surface area contributed by atoms with Gasteiger partial charge >= 0.3 is 5.69 Å². The zero-order valence-electron chi connectivity index (χ0n) is 13.8. The maximum absolute atomic E-state index is 12.8. The van der Waals surface area contributed by atoms with Crippen LogP contribution in [0.2, 0.25) is 0 Å². The van der Waals surface area contributed by atoms with Crippen molar-refractivity contribution in [2.45, 2.75) is 25.9 Å². The summed E-state index contributed by atoms with van der Waals surface area (Å²) in [5.74, 6) is 0.658. The van der Waals surface area contributed by atoms with Crippen molar-refractivity contribution >= 4 is 17.2 Å². The summed E-state index contributed by atoms with van der Waals surface area (Å²) < 4.78 is 8.48. The third-order valence-electron chi connectivity index (χ3n) is 4.34. The van der Waals surface area contributed by atoms with Crippen LogP contribution in [0.25, 0.3) is 5.65 Å². The molecule has 0 aliphatic carbocycles. The number of aromatic nitrogens is 3. The minimum absolute atomic E-state index is 0.0489. The van der Waals surface area contributed by atoms with E-state index in [0.29, 0.717) is 18.0 Å². The molecule has 1 aliphatic rings. The molecule has 1 aliphatic heterocycles. The Kier molecular flexibility index (Phi) is 3.76. The highest BCUT2D eigenvalue weighted by Gasteiger charge is 2.29. The Hall–Kier alpha value is -3.09. The quantitative estimate of drug-likeness (QED) is 0.729. The lowest BCUT2D eigenvalue weighted by atomic mass is 10.1. The minimum atomic E-state index is -0.237. The van der Waals surface area contributed by atoms with E-state index in [-0.39, 0.29) is 30.6 Å². The van der Waals surface area contributed by atoms with Gasteiger partial charge in [0.25, 0.3) is 0 Å². The summed E-state index contributed by atoms with van der Waals surface area (Å²) in [5, 5.41) is 4.26. The highest BCUT2D eigenvalue weighted by molar-refractivity contribution is 5.95. The Labute approximate surface area is 144 Å². The second-order valence-corrected chi connectivity index (χ2v) is 6.08. The zero-order valence-corrected chi connectivity index (χ0v) is 13.8. The second-order valence-electron chi connectivity index (χ2n) is 6.08. The van der Waals surface area contributed by atoms with Gasteiger partial charge in [-0.1, -0.05) is 18.2 Å². The van der Waals surface area contributed by atoms with Crippen LogP contribution in [0.1, 0.15) is 13.3 Å². The first-order valence-corrected chi connectivity index (χ1v) is 8.23. The first-order chi connectivity index (χ1) is 12.1. The van der Waals surface area contributed by atoms with E-state index >= 15 is 0 Å². The molecule has 7 nitrogen and oxygen atoms in total. The van der Waals surface area contributed by atoms with Gasteiger partial charge in [0.1, 0.15) is 12.4 Å². The van der Waals surface area contributed by atoms with Gasteiger partial charge < -0.3 is 9.64 Å². The zero-order chi connectivity index (χ0) is 17.4. The fraction of sp³-hybridized carbons (Fsp3) is 0.278. The highest BCUT2D eigenvalue weighted by Crippen LogP contribution is 2.33. The molecule has 3 heterocycles. The smallest absolute Gasteiger partial charge is 0.350 e. The Morgan fingerprint density at radius 1 is 1.24 bits per heavy atom. The number of hydrogen-bond donors (Lipinski definition) is 0. The average molecular weight is 338 g/mol. The number of amides is 1. The molecule has 128 valence electrons. The molecule has 0 N–H and O–H groups in total. The van der Waals surface area contributed by atoms with Crippen molar-refractivity contribution in [2.24, 2.45) is 0 Å². The number of anilines is 1. The molecule has 1 unspecified atom stereocenters. The number of benzene rings is 1. The van der Waals surface area contributed by atoms with Crippen LogP contribution < -0.4 is 15.3 Å². The van der Waals surface area contributed by atoms with Gasteiger partial charge in [-0.25, -0.2) is 9.48 Å². The van der Waals surface area contributed by atoms with Gasteiger partial charge in [0.2, 0.25) is 5.91 Å². The third kappa shape index (κ3) is 2.67. The third-order valence-corrected chi connectivity index (χ3v) is 4.34. The molecule has 7 heteroatoms. The van der Waals surface area contributed by atoms with E-state index in [9.17, 15) is 9.59 Å². The summed E-state index contributed by atoms with van der Waals surface area (Å²) in [5.41, 5.74) is 1.11. The molecule has 0 saturated carbocycles. The lowest BCUT2D eigenvalue weighted by Gasteiger charge is -2.35. The predicted molar refractivity (Wildman–Crippen MR) is 93.0 cm³/mol. The molecule has 25 heavy (non-hydrogen) atoms. The standard InChI is InChI=1S/C18H18N4O3/c1-13-12-25-15-7-3-2-6-14(15)22(13)17(23)9-11-21-18(24)20-10-5-4-8-16(20)19-21/h2-8,10,13H,9,11-12H2,1H3. The van der Waals surface area contributed by atoms with E-state index in [4.69, 9.17) is 4.74 Å². The fourth-order valence-corrected chi connectivity index (χ4v) is 3.12. The predicted octanol–water partition coefficient (Wildman–Crippen LogP) is 1.70. The molecule has 0 bridgehead atoms. The molecule has 2 aromatic heterocycles. The lowest BCUT2D eigenvalue weighted by Crippen LogP contribution is -2.45. The number of fused-ring (bicyclic) bond motifs is 2. The second kappa shape index (κ2) is 6.08. The maximum Gasteiger partial charge on any atom is 0.350 e. The Morgan fingerprint density at radius 3 is 2.88 bits per heavy atom. The fourth-order valence-electron chi connectivity index (χ4n) is 3.12. The molecule has 0 saturated heterocycles. The number of ether oxygens (including phenoxy) is 1. The van der Waals surface area contributed by atoms with Gasteiger partial charge in [0.15, 0.2) is 5.65 Å². The summed E-state index contributed by atoms with van der Waals surface area (Å²) in [4.78, 5) is 26.8. The molecule has 0 fully saturated rings. The van der Waals surface area contributed by atoms with E-state index in [1.54, 1.807) is 23.2 Å². The molecule has 0 radical (unpaired) electrons. The summed E-state index contributed by atoms with van der Waals surface area (Å²) in [7, 11) is 0. The number of pyridine rings is 1. The van der Waals surface area contributed by atoms with Crippen LogP contribution in [0, 0.1) is 0 Å². The van der Waals surface area contributed by atoms with Crippen LogP contribution in [-0.4, -0.2) is 32.7 Å². The normalized spacial score (nSPS) is 16.5. The lowest BCUT2D eigenvalue weighted by molar-refractivity contribution is -0.119. The Morgan fingerprint density at radius 2 is 2.04 bits per heavy atom. The first-order valence-electron chi connectivity index (χ1n) is 8.23. The van der Waals surface area contributed by atoms with Crippen LogP contribution in [-0.2, 0) is 11.3 Å². The molecule has 1 amide bonds. The molecule has 3 aromatic rings. The average Bonchev–Trinajstić information content (AvgIpc) is 2.96. The number of nitrogens with zero attached hydrogens (tertiary/aromatic N) is 4. The van der Waals surface area contributed by atoms with Crippen molar-refractivity contribution < 1.29 is 9.53 Å². The van der Waals surface area contributed by atoms with Crippen LogP contribution >= 0.6 is 0 Å². The van der Waals surface area contributed by atoms with Gasteiger partial charge in [0, 0.05) is 12.6 Å². The number of para-hydroxylation sites is 2. The van der Waals surface area contributed by atoms with Crippen molar-refractivity contribution in [2.75, 3.05) is 11.5 Å².